The number of anilines is 1. The molecule has 1 saturated carbocycles. The minimum absolute atomic E-state index is 0.0189. The second-order valence-corrected chi connectivity index (χ2v) is 7.34. The highest BCUT2D eigenvalue weighted by Gasteiger charge is 2.47. The Labute approximate surface area is 169 Å². The summed E-state index contributed by atoms with van der Waals surface area (Å²) in [6.45, 7) is 2.42. The molecule has 2 fully saturated rings. The first-order valence-electron chi connectivity index (χ1n) is 10.1. The third-order valence-electron chi connectivity index (χ3n) is 5.55. The predicted molar refractivity (Wildman–Crippen MR) is 106 cm³/mol. The van der Waals surface area contributed by atoms with Gasteiger partial charge in [-0.25, -0.2) is 4.90 Å². The van der Waals surface area contributed by atoms with Crippen LogP contribution in [0.4, 0.5) is 5.69 Å². The van der Waals surface area contributed by atoms with Gasteiger partial charge in [0.2, 0.25) is 5.91 Å². The van der Waals surface area contributed by atoms with Gasteiger partial charge in [-0.1, -0.05) is 12.8 Å². The molecular weight excluding hydrogens is 372 g/mol. The number of carbonyl (C=O) groups excluding carboxylic acids is 3. The van der Waals surface area contributed by atoms with E-state index in [9.17, 15) is 14.4 Å². The molecule has 0 N–H and O–H groups in total. The summed E-state index contributed by atoms with van der Waals surface area (Å²) in [6, 6.07) is 9.22. The summed E-state index contributed by atoms with van der Waals surface area (Å²) in [6.07, 6.45) is 5.08. The van der Waals surface area contributed by atoms with Gasteiger partial charge in [-0.2, -0.15) is 0 Å². The summed E-state index contributed by atoms with van der Waals surface area (Å²) in [5.41, 5.74) is 0.489. The molecule has 1 atom stereocenters. The molecule has 1 aliphatic carbocycles. The van der Waals surface area contributed by atoms with Crippen LogP contribution in [0.25, 0.3) is 0 Å². The molecule has 2 aromatic rings. The fourth-order valence-corrected chi connectivity index (χ4v) is 4.23. The number of imide groups is 1. The SMILES string of the molecule is CCOc1ccc(N2C(=O)CC(N(C(=O)c3ccco3)C3CCCC3)C2=O)cc1. The van der Waals surface area contributed by atoms with Crippen molar-refractivity contribution in [1.82, 2.24) is 4.90 Å². The van der Waals surface area contributed by atoms with Crippen molar-refractivity contribution in [3.05, 3.63) is 48.4 Å². The third-order valence-corrected chi connectivity index (χ3v) is 5.55. The average Bonchev–Trinajstić information content (AvgIpc) is 3.47. The fourth-order valence-electron chi connectivity index (χ4n) is 4.23. The van der Waals surface area contributed by atoms with Crippen LogP contribution in [-0.4, -0.2) is 41.3 Å². The molecule has 1 unspecified atom stereocenters. The molecule has 152 valence electrons. The fraction of sp³-hybridized carbons (Fsp3) is 0.409. The van der Waals surface area contributed by atoms with E-state index in [-0.39, 0.29) is 35.9 Å². The molecule has 7 heteroatoms. The van der Waals surface area contributed by atoms with Gasteiger partial charge in [0.15, 0.2) is 5.76 Å². The number of amides is 3. The Kier molecular flexibility index (Phi) is 5.38. The van der Waals surface area contributed by atoms with Crippen LogP contribution in [0, 0.1) is 0 Å². The molecule has 29 heavy (non-hydrogen) atoms. The first-order chi connectivity index (χ1) is 14.1. The largest absolute Gasteiger partial charge is 0.494 e. The van der Waals surface area contributed by atoms with Crippen molar-refractivity contribution < 1.29 is 23.5 Å². The second-order valence-electron chi connectivity index (χ2n) is 7.34. The molecule has 4 rings (SSSR count). The van der Waals surface area contributed by atoms with Crippen LogP contribution in [0.5, 0.6) is 5.75 Å². The van der Waals surface area contributed by atoms with Gasteiger partial charge in [0.25, 0.3) is 11.8 Å². The molecule has 0 bridgehead atoms. The Morgan fingerprint density at radius 3 is 2.52 bits per heavy atom. The summed E-state index contributed by atoms with van der Waals surface area (Å²) in [5, 5.41) is 0. The smallest absolute Gasteiger partial charge is 0.290 e. The van der Waals surface area contributed by atoms with E-state index in [2.05, 4.69) is 0 Å². The summed E-state index contributed by atoms with van der Waals surface area (Å²) >= 11 is 0. The number of carbonyl (C=O) groups is 3. The maximum atomic E-state index is 13.2. The zero-order valence-electron chi connectivity index (χ0n) is 16.4. The first kappa shape index (κ1) is 19.2. The zero-order valence-corrected chi connectivity index (χ0v) is 16.4. The normalized spacial score (nSPS) is 19.8. The number of hydrogen-bond donors (Lipinski definition) is 0. The molecule has 1 aromatic heterocycles. The topological polar surface area (TPSA) is 80.1 Å². The minimum atomic E-state index is -0.810. The summed E-state index contributed by atoms with van der Waals surface area (Å²) in [4.78, 5) is 41.9. The van der Waals surface area contributed by atoms with Crippen molar-refractivity contribution in [3.63, 3.8) is 0 Å². The molecule has 1 saturated heterocycles. The molecule has 2 aliphatic rings. The molecule has 0 radical (unpaired) electrons. The van der Waals surface area contributed by atoms with Crippen molar-refractivity contribution in [3.8, 4) is 5.75 Å². The van der Waals surface area contributed by atoms with E-state index >= 15 is 0 Å². The van der Waals surface area contributed by atoms with Crippen LogP contribution in [0.2, 0.25) is 0 Å². The van der Waals surface area contributed by atoms with E-state index in [1.165, 1.54) is 11.2 Å². The number of furan rings is 1. The minimum Gasteiger partial charge on any atom is -0.494 e. The lowest BCUT2D eigenvalue weighted by molar-refractivity contribution is -0.123. The highest BCUT2D eigenvalue weighted by Crippen LogP contribution is 2.33. The number of rotatable bonds is 6. The van der Waals surface area contributed by atoms with Gasteiger partial charge in [0.05, 0.1) is 25.0 Å². The van der Waals surface area contributed by atoms with Crippen molar-refractivity contribution in [2.24, 2.45) is 0 Å². The number of nitrogens with zero attached hydrogens (tertiary/aromatic N) is 2. The zero-order chi connectivity index (χ0) is 20.4. The van der Waals surface area contributed by atoms with Gasteiger partial charge in [0, 0.05) is 6.04 Å². The van der Waals surface area contributed by atoms with Crippen molar-refractivity contribution in [2.45, 2.75) is 51.1 Å². The lowest BCUT2D eigenvalue weighted by atomic mass is 10.1. The van der Waals surface area contributed by atoms with Crippen molar-refractivity contribution in [2.75, 3.05) is 11.5 Å². The predicted octanol–water partition coefficient (Wildman–Crippen LogP) is 3.40. The Bertz CT molecular complexity index is 884. The van der Waals surface area contributed by atoms with Gasteiger partial charge in [-0.05, 0) is 56.2 Å². The van der Waals surface area contributed by atoms with E-state index in [0.29, 0.717) is 18.0 Å². The van der Waals surface area contributed by atoms with E-state index < -0.39 is 6.04 Å². The summed E-state index contributed by atoms with van der Waals surface area (Å²) in [7, 11) is 0. The van der Waals surface area contributed by atoms with Crippen LogP contribution >= 0.6 is 0 Å². The Morgan fingerprint density at radius 1 is 1.17 bits per heavy atom. The summed E-state index contributed by atoms with van der Waals surface area (Å²) in [5.74, 6) is -0.142. The Balaban J connectivity index is 1.61. The molecule has 1 aromatic carbocycles. The van der Waals surface area contributed by atoms with Gasteiger partial charge < -0.3 is 14.1 Å². The Morgan fingerprint density at radius 2 is 1.90 bits per heavy atom. The number of benzene rings is 1. The molecule has 0 spiro atoms. The maximum Gasteiger partial charge on any atom is 0.290 e. The monoisotopic (exact) mass is 396 g/mol. The van der Waals surface area contributed by atoms with Crippen LogP contribution in [-0.2, 0) is 9.59 Å². The molecule has 1 aliphatic heterocycles. The van der Waals surface area contributed by atoms with Gasteiger partial charge in [-0.3, -0.25) is 14.4 Å². The van der Waals surface area contributed by atoms with Gasteiger partial charge >= 0.3 is 0 Å². The second kappa shape index (κ2) is 8.11. The van der Waals surface area contributed by atoms with E-state index in [4.69, 9.17) is 9.15 Å². The first-order valence-corrected chi connectivity index (χ1v) is 10.1. The molecular formula is C22H24N2O5. The third kappa shape index (κ3) is 3.64. The highest BCUT2D eigenvalue weighted by atomic mass is 16.5. The molecule has 2 heterocycles. The average molecular weight is 396 g/mol. The van der Waals surface area contributed by atoms with Crippen LogP contribution in [0.15, 0.2) is 47.1 Å². The lowest BCUT2D eigenvalue weighted by Gasteiger charge is -2.32. The molecule has 3 amide bonds. The van der Waals surface area contributed by atoms with Crippen molar-refractivity contribution in [1.29, 1.82) is 0 Å². The lowest BCUT2D eigenvalue weighted by Crippen LogP contribution is -2.50. The standard InChI is InChI=1S/C22H24N2O5/c1-2-28-17-11-9-16(10-12-17)24-20(25)14-18(21(24)26)23(15-6-3-4-7-15)22(27)19-8-5-13-29-19/h5,8-13,15,18H,2-4,6-7,14H2,1H3. The highest BCUT2D eigenvalue weighted by molar-refractivity contribution is 6.23. The van der Waals surface area contributed by atoms with E-state index in [1.54, 1.807) is 41.3 Å². The molecule has 7 nitrogen and oxygen atoms in total. The van der Waals surface area contributed by atoms with Crippen molar-refractivity contribution >= 4 is 23.4 Å². The quantitative estimate of drug-likeness (QED) is 0.699. The van der Waals surface area contributed by atoms with E-state index in [1.807, 2.05) is 6.92 Å². The Hall–Kier alpha value is -3.09. The number of ether oxygens (including phenoxy) is 1. The number of hydrogen-bond acceptors (Lipinski definition) is 5. The van der Waals surface area contributed by atoms with Crippen LogP contribution in [0.1, 0.15) is 49.6 Å². The maximum absolute atomic E-state index is 13.2. The summed E-state index contributed by atoms with van der Waals surface area (Å²) < 4.78 is 10.7. The van der Waals surface area contributed by atoms with Gasteiger partial charge in [0.1, 0.15) is 11.8 Å². The van der Waals surface area contributed by atoms with Crippen LogP contribution in [0.3, 0.4) is 0 Å². The van der Waals surface area contributed by atoms with E-state index in [0.717, 1.165) is 25.7 Å². The van der Waals surface area contributed by atoms with Gasteiger partial charge in [-0.15, -0.1) is 0 Å². The van der Waals surface area contributed by atoms with Crippen LogP contribution < -0.4 is 9.64 Å².